The number of carbonyl (C=O) groups excluding carboxylic acids is 1. The Kier molecular flexibility index (Phi) is 3.66. The minimum atomic E-state index is 0.0981. The van der Waals surface area contributed by atoms with Crippen LogP contribution in [0.3, 0.4) is 0 Å². The number of aromatic nitrogens is 1. The molecule has 1 amide bonds. The monoisotopic (exact) mass is 347 g/mol. The van der Waals surface area contributed by atoms with Crippen LogP contribution in [-0.4, -0.2) is 30.5 Å². The van der Waals surface area contributed by atoms with E-state index in [1.165, 1.54) is 5.56 Å². The van der Waals surface area contributed by atoms with Crippen molar-refractivity contribution in [1.82, 2.24) is 4.98 Å². The van der Waals surface area contributed by atoms with Gasteiger partial charge in [-0.15, -0.1) is 0 Å². The van der Waals surface area contributed by atoms with Crippen molar-refractivity contribution >= 4 is 28.4 Å². The second kappa shape index (κ2) is 6.16. The maximum Gasteiger partial charge on any atom is 0.230 e. The fourth-order valence-corrected chi connectivity index (χ4v) is 4.26. The normalized spacial score (nSPS) is 17.7. The predicted molar refractivity (Wildman–Crippen MR) is 101 cm³/mol. The van der Waals surface area contributed by atoms with E-state index in [-0.39, 0.29) is 11.8 Å². The highest BCUT2D eigenvalue weighted by Gasteiger charge is 2.32. The van der Waals surface area contributed by atoms with E-state index < -0.39 is 0 Å². The molecule has 26 heavy (non-hydrogen) atoms. The second-order valence-electron chi connectivity index (χ2n) is 7.10. The third-order valence-electron chi connectivity index (χ3n) is 5.66. The van der Waals surface area contributed by atoms with Gasteiger partial charge in [-0.05, 0) is 43.0 Å². The molecule has 5 nitrogen and oxygen atoms in total. The van der Waals surface area contributed by atoms with Crippen LogP contribution in [-0.2, 0) is 11.2 Å². The molecule has 0 bridgehead atoms. The van der Waals surface area contributed by atoms with Gasteiger partial charge in [-0.2, -0.15) is 0 Å². The number of hydrogen-bond acceptors (Lipinski definition) is 4. The Morgan fingerprint density at radius 1 is 1.08 bits per heavy atom. The molecule has 0 unspecified atom stereocenters. The Labute approximate surface area is 152 Å². The van der Waals surface area contributed by atoms with Crippen molar-refractivity contribution in [2.75, 3.05) is 29.4 Å². The molecule has 3 aromatic rings. The summed E-state index contributed by atoms with van der Waals surface area (Å²) in [5.41, 5.74) is 3.25. The smallest absolute Gasteiger partial charge is 0.230 e. The zero-order valence-electron chi connectivity index (χ0n) is 14.6. The highest BCUT2D eigenvalue weighted by Crippen LogP contribution is 2.33. The molecule has 2 aliphatic rings. The Balaban J connectivity index is 1.30. The van der Waals surface area contributed by atoms with Gasteiger partial charge in [-0.1, -0.05) is 18.2 Å². The highest BCUT2D eigenvalue weighted by molar-refractivity contribution is 5.97. The number of benzene rings is 1. The fraction of sp³-hybridized carbons (Fsp3) is 0.333. The third kappa shape index (κ3) is 2.46. The molecule has 0 N–H and O–H groups in total. The van der Waals surface area contributed by atoms with E-state index in [0.29, 0.717) is 0 Å². The van der Waals surface area contributed by atoms with Crippen LogP contribution in [0.5, 0.6) is 0 Å². The third-order valence-corrected chi connectivity index (χ3v) is 5.66. The van der Waals surface area contributed by atoms with Crippen molar-refractivity contribution in [1.29, 1.82) is 0 Å². The van der Waals surface area contributed by atoms with Gasteiger partial charge in [0.25, 0.3) is 0 Å². The lowest BCUT2D eigenvalue weighted by Crippen LogP contribution is -2.42. The van der Waals surface area contributed by atoms with Crippen molar-refractivity contribution in [2.24, 2.45) is 5.92 Å². The van der Waals surface area contributed by atoms with Crippen molar-refractivity contribution in [3.8, 4) is 0 Å². The number of piperidine rings is 1. The summed E-state index contributed by atoms with van der Waals surface area (Å²) in [7, 11) is 0. The lowest BCUT2D eigenvalue weighted by atomic mass is 9.95. The van der Waals surface area contributed by atoms with Crippen LogP contribution in [0.25, 0.3) is 11.0 Å². The number of rotatable bonds is 2. The number of carbonyl (C=O) groups is 1. The van der Waals surface area contributed by atoms with Crippen molar-refractivity contribution in [3.05, 3.63) is 54.4 Å². The van der Waals surface area contributed by atoms with Gasteiger partial charge in [0.2, 0.25) is 5.91 Å². The molecular weight excluding hydrogens is 326 g/mol. The largest absolute Gasteiger partial charge is 0.464 e. The molecule has 1 fully saturated rings. The summed E-state index contributed by atoms with van der Waals surface area (Å²) >= 11 is 0. The Bertz CT molecular complexity index is 957. The van der Waals surface area contributed by atoms with E-state index in [0.717, 1.165) is 61.4 Å². The van der Waals surface area contributed by atoms with Crippen LogP contribution in [0, 0.1) is 5.92 Å². The van der Waals surface area contributed by atoms with Gasteiger partial charge in [-0.25, -0.2) is 4.98 Å². The first-order chi connectivity index (χ1) is 12.8. The molecule has 0 spiro atoms. The molecule has 2 aliphatic heterocycles. The first-order valence-corrected chi connectivity index (χ1v) is 9.28. The highest BCUT2D eigenvalue weighted by atomic mass is 16.3. The van der Waals surface area contributed by atoms with Crippen LogP contribution in [0.4, 0.5) is 11.5 Å². The summed E-state index contributed by atoms with van der Waals surface area (Å²) in [4.78, 5) is 21.9. The van der Waals surface area contributed by atoms with E-state index in [4.69, 9.17) is 4.42 Å². The van der Waals surface area contributed by atoms with Crippen LogP contribution in [0.15, 0.2) is 53.3 Å². The van der Waals surface area contributed by atoms with E-state index >= 15 is 0 Å². The molecule has 0 aliphatic carbocycles. The maximum atomic E-state index is 13.1. The number of anilines is 2. The summed E-state index contributed by atoms with van der Waals surface area (Å²) in [6.45, 7) is 2.51. The van der Waals surface area contributed by atoms with Crippen LogP contribution in [0.1, 0.15) is 18.4 Å². The Hall–Kier alpha value is -2.82. The molecule has 0 atom stereocenters. The molecule has 132 valence electrons. The SMILES string of the molecule is O=C(C1CCN(c2nccc3occc23)CC1)N1CCc2ccccc21. The number of nitrogens with zero attached hydrogens (tertiary/aromatic N) is 3. The lowest BCUT2D eigenvalue weighted by molar-refractivity contribution is -0.122. The van der Waals surface area contributed by atoms with Crippen LogP contribution >= 0.6 is 0 Å². The van der Waals surface area contributed by atoms with Gasteiger partial charge in [0, 0.05) is 37.4 Å². The van der Waals surface area contributed by atoms with Crippen molar-refractivity contribution in [2.45, 2.75) is 19.3 Å². The fourth-order valence-electron chi connectivity index (χ4n) is 4.26. The number of furan rings is 1. The van der Waals surface area contributed by atoms with Gasteiger partial charge >= 0.3 is 0 Å². The van der Waals surface area contributed by atoms with E-state index in [1.54, 1.807) is 12.5 Å². The Morgan fingerprint density at radius 3 is 2.81 bits per heavy atom. The molecule has 1 saturated heterocycles. The average Bonchev–Trinajstić information content (AvgIpc) is 3.34. The molecule has 2 aromatic heterocycles. The summed E-state index contributed by atoms with van der Waals surface area (Å²) in [5, 5.41) is 1.05. The molecule has 0 saturated carbocycles. The van der Waals surface area contributed by atoms with Gasteiger partial charge in [-0.3, -0.25) is 4.79 Å². The van der Waals surface area contributed by atoms with Crippen LogP contribution < -0.4 is 9.80 Å². The zero-order valence-corrected chi connectivity index (χ0v) is 14.6. The summed E-state index contributed by atoms with van der Waals surface area (Å²) in [6.07, 6.45) is 6.20. The minimum Gasteiger partial charge on any atom is -0.464 e. The molecule has 0 radical (unpaired) electrons. The van der Waals surface area contributed by atoms with Gasteiger partial charge in [0.05, 0.1) is 11.6 Å². The predicted octanol–water partition coefficient (Wildman–Crippen LogP) is 3.63. The quantitative estimate of drug-likeness (QED) is 0.710. The summed E-state index contributed by atoms with van der Waals surface area (Å²) in [6, 6.07) is 12.1. The molecular formula is C21H21N3O2. The van der Waals surface area contributed by atoms with Crippen molar-refractivity contribution < 1.29 is 9.21 Å². The van der Waals surface area contributed by atoms with Gasteiger partial charge < -0.3 is 14.2 Å². The zero-order chi connectivity index (χ0) is 17.5. The summed E-state index contributed by atoms with van der Waals surface area (Å²) < 4.78 is 5.48. The molecule has 1 aromatic carbocycles. The minimum absolute atomic E-state index is 0.0981. The maximum absolute atomic E-state index is 13.1. The number of hydrogen-bond donors (Lipinski definition) is 0. The average molecular weight is 347 g/mol. The number of fused-ring (bicyclic) bond motifs is 2. The lowest BCUT2D eigenvalue weighted by Gasteiger charge is -2.34. The van der Waals surface area contributed by atoms with E-state index in [2.05, 4.69) is 28.1 Å². The number of para-hydroxylation sites is 1. The first kappa shape index (κ1) is 15.4. The van der Waals surface area contributed by atoms with E-state index in [9.17, 15) is 4.79 Å². The van der Waals surface area contributed by atoms with Crippen LogP contribution in [0.2, 0.25) is 0 Å². The molecule has 5 rings (SSSR count). The summed E-state index contributed by atoms with van der Waals surface area (Å²) in [5.74, 6) is 1.35. The standard InChI is InChI=1S/C21H21N3O2/c25-21(24-13-8-15-3-1-2-4-18(15)24)16-6-11-23(12-7-16)20-17-9-14-26-19(17)5-10-22-20/h1-5,9-10,14,16H,6-8,11-13H2. The molecule has 5 heteroatoms. The molecule has 4 heterocycles. The van der Waals surface area contributed by atoms with Crippen molar-refractivity contribution in [3.63, 3.8) is 0 Å². The number of pyridine rings is 1. The first-order valence-electron chi connectivity index (χ1n) is 9.28. The van der Waals surface area contributed by atoms with Gasteiger partial charge in [0.15, 0.2) is 0 Å². The van der Waals surface area contributed by atoms with Gasteiger partial charge in [0.1, 0.15) is 11.4 Å². The second-order valence-corrected chi connectivity index (χ2v) is 7.10. The topological polar surface area (TPSA) is 49.6 Å². The van der Waals surface area contributed by atoms with E-state index in [1.807, 2.05) is 23.1 Å². The Morgan fingerprint density at radius 2 is 1.92 bits per heavy atom. The number of amides is 1.